The monoisotopic (exact) mass is 454 g/mol. The van der Waals surface area contributed by atoms with Crippen LogP contribution in [0.4, 0.5) is 0 Å². The fourth-order valence-corrected chi connectivity index (χ4v) is 5.40. The second-order valence-electron chi connectivity index (χ2n) is 9.05. The molecular formula is C25H30N2O4S. The van der Waals surface area contributed by atoms with Gasteiger partial charge in [0.15, 0.2) is 11.5 Å². The molecule has 1 aromatic carbocycles. The average Bonchev–Trinajstić information content (AvgIpc) is 3.32. The van der Waals surface area contributed by atoms with Crippen molar-refractivity contribution in [1.29, 1.82) is 0 Å². The molecule has 0 saturated heterocycles. The number of hydrogen-bond acceptors (Lipinski definition) is 5. The van der Waals surface area contributed by atoms with Gasteiger partial charge in [0.25, 0.3) is 0 Å². The van der Waals surface area contributed by atoms with Gasteiger partial charge in [0.1, 0.15) is 6.54 Å². The van der Waals surface area contributed by atoms with E-state index in [2.05, 4.69) is 6.07 Å². The highest BCUT2D eigenvalue weighted by atomic mass is 32.1. The van der Waals surface area contributed by atoms with E-state index in [1.807, 2.05) is 39.4 Å². The molecule has 0 unspecified atom stereocenters. The number of fused-ring (bicyclic) bond motifs is 1. The number of benzene rings is 1. The van der Waals surface area contributed by atoms with Crippen LogP contribution in [0.1, 0.15) is 55.4 Å². The summed E-state index contributed by atoms with van der Waals surface area (Å²) in [4.78, 5) is 31.7. The van der Waals surface area contributed by atoms with E-state index < -0.39 is 0 Å². The van der Waals surface area contributed by atoms with Crippen LogP contribution in [-0.4, -0.2) is 41.0 Å². The van der Waals surface area contributed by atoms with Crippen molar-refractivity contribution in [2.24, 2.45) is 5.92 Å². The van der Waals surface area contributed by atoms with Gasteiger partial charge < -0.3 is 19.3 Å². The third-order valence-corrected chi connectivity index (χ3v) is 7.48. The fraction of sp³-hybridized carbons (Fsp3) is 0.520. The van der Waals surface area contributed by atoms with E-state index in [1.165, 1.54) is 6.42 Å². The van der Waals surface area contributed by atoms with E-state index >= 15 is 0 Å². The van der Waals surface area contributed by atoms with Crippen LogP contribution >= 0.6 is 11.3 Å². The molecule has 7 heteroatoms. The van der Waals surface area contributed by atoms with E-state index in [1.54, 1.807) is 11.3 Å². The molecule has 170 valence electrons. The SMILES string of the molecule is O=C(CN(C(=O)C1CCCCC1)C1CC1)N(Cc1ccc2c(c1)OCO2)Cc1cccs1. The first-order valence-electron chi connectivity index (χ1n) is 11.7. The largest absolute Gasteiger partial charge is 0.454 e. The molecule has 3 aliphatic rings. The van der Waals surface area contributed by atoms with Gasteiger partial charge in [-0.05, 0) is 54.8 Å². The van der Waals surface area contributed by atoms with Gasteiger partial charge in [-0.15, -0.1) is 11.3 Å². The van der Waals surface area contributed by atoms with Crippen LogP contribution in [0.2, 0.25) is 0 Å². The Morgan fingerprint density at radius 2 is 1.78 bits per heavy atom. The number of carbonyl (C=O) groups excluding carboxylic acids is 2. The molecule has 0 atom stereocenters. The lowest BCUT2D eigenvalue weighted by Crippen LogP contribution is -2.46. The molecular weight excluding hydrogens is 424 g/mol. The molecule has 2 aromatic rings. The van der Waals surface area contributed by atoms with Gasteiger partial charge in [0.2, 0.25) is 18.6 Å². The maximum absolute atomic E-state index is 13.5. The van der Waals surface area contributed by atoms with E-state index in [0.717, 1.165) is 60.5 Å². The van der Waals surface area contributed by atoms with Crippen molar-refractivity contribution in [2.45, 2.75) is 64.1 Å². The van der Waals surface area contributed by atoms with Crippen molar-refractivity contribution in [3.63, 3.8) is 0 Å². The highest BCUT2D eigenvalue weighted by Gasteiger charge is 2.38. The lowest BCUT2D eigenvalue weighted by molar-refractivity contribution is -0.144. The molecule has 2 saturated carbocycles. The van der Waals surface area contributed by atoms with Gasteiger partial charge in [0.05, 0.1) is 6.54 Å². The number of hydrogen-bond donors (Lipinski definition) is 0. The predicted molar refractivity (Wildman–Crippen MR) is 122 cm³/mol. The van der Waals surface area contributed by atoms with Crippen molar-refractivity contribution in [3.05, 3.63) is 46.2 Å². The average molecular weight is 455 g/mol. The summed E-state index contributed by atoms with van der Waals surface area (Å²) in [7, 11) is 0. The Balaban J connectivity index is 1.31. The number of rotatable bonds is 8. The molecule has 0 bridgehead atoms. The van der Waals surface area contributed by atoms with Crippen LogP contribution in [0.25, 0.3) is 0 Å². The summed E-state index contributed by atoms with van der Waals surface area (Å²) in [6.45, 7) is 1.43. The lowest BCUT2D eigenvalue weighted by atomic mass is 9.88. The molecule has 2 heterocycles. The van der Waals surface area contributed by atoms with Crippen LogP contribution in [0.15, 0.2) is 35.7 Å². The minimum absolute atomic E-state index is 0.00660. The first kappa shape index (κ1) is 21.3. The summed E-state index contributed by atoms with van der Waals surface area (Å²) >= 11 is 1.65. The maximum atomic E-state index is 13.5. The molecule has 0 N–H and O–H groups in total. The number of ether oxygens (including phenoxy) is 2. The Morgan fingerprint density at radius 1 is 0.969 bits per heavy atom. The maximum Gasteiger partial charge on any atom is 0.242 e. The highest BCUT2D eigenvalue weighted by Crippen LogP contribution is 2.34. The van der Waals surface area contributed by atoms with Crippen molar-refractivity contribution in [2.75, 3.05) is 13.3 Å². The molecule has 1 aliphatic heterocycles. The Morgan fingerprint density at radius 3 is 2.53 bits per heavy atom. The number of nitrogens with zero attached hydrogens (tertiary/aromatic N) is 2. The molecule has 2 fully saturated rings. The van der Waals surface area contributed by atoms with Gasteiger partial charge in [-0.2, -0.15) is 0 Å². The van der Waals surface area contributed by atoms with Crippen molar-refractivity contribution in [3.8, 4) is 11.5 Å². The van der Waals surface area contributed by atoms with Crippen molar-refractivity contribution < 1.29 is 19.1 Å². The Kier molecular flexibility index (Phi) is 6.35. The van der Waals surface area contributed by atoms with Crippen LogP contribution < -0.4 is 9.47 Å². The summed E-state index contributed by atoms with van der Waals surface area (Å²) in [5, 5.41) is 2.03. The summed E-state index contributed by atoms with van der Waals surface area (Å²) in [6, 6.07) is 10.1. The quantitative estimate of drug-likeness (QED) is 0.586. The zero-order chi connectivity index (χ0) is 21.9. The lowest BCUT2D eigenvalue weighted by Gasteiger charge is -2.31. The summed E-state index contributed by atoms with van der Waals surface area (Å²) < 4.78 is 10.9. The van der Waals surface area contributed by atoms with Crippen molar-refractivity contribution in [1.82, 2.24) is 9.80 Å². The normalized spacial score (nSPS) is 17.9. The molecule has 2 amide bonds. The van der Waals surface area contributed by atoms with E-state index in [4.69, 9.17) is 9.47 Å². The van der Waals surface area contributed by atoms with Crippen molar-refractivity contribution >= 4 is 23.2 Å². The van der Waals surface area contributed by atoms with E-state index in [9.17, 15) is 9.59 Å². The second-order valence-corrected chi connectivity index (χ2v) is 10.1. The summed E-state index contributed by atoms with van der Waals surface area (Å²) in [5.41, 5.74) is 0.996. The number of thiophene rings is 1. The first-order valence-corrected chi connectivity index (χ1v) is 12.5. The molecule has 32 heavy (non-hydrogen) atoms. The first-order chi connectivity index (χ1) is 15.7. The summed E-state index contributed by atoms with van der Waals surface area (Å²) in [5.74, 6) is 1.75. The number of amides is 2. The minimum atomic E-state index is 0.00660. The van der Waals surface area contributed by atoms with Gasteiger partial charge in [0, 0.05) is 23.4 Å². The third kappa shape index (κ3) is 4.93. The van der Waals surface area contributed by atoms with Crippen LogP contribution in [0, 0.1) is 5.92 Å². The van der Waals surface area contributed by atoms with Crippen LogP contribution in [0.3, 0.4) is 0 Å². The molecule has 1 aromatic heterocycles. The second kappa shape index (κ2) is 9.53. The third-order valence-electron chi connectivity index (χ3n) is 6.62. The Labute approximate surface area is 193 Å². The fourth-order valence-electron chi connectivity index (χ4n) is 4.69. The van der Waals surface area contributed by atoms with Gasteiger partial charge in [-0.3, -0.25) is 9.59 Å². The summed E-state index contributed by atoms with van der Waals surface area (Å²) in [6.07, 6.45) is 7.42. The number of carbonyl (C=O) groups is 2. The molecule has 0 radical (unpaired) electrons. The standard InChI is InChI=1S/C25H30N2O4S/c28-24(16-27(20-9-10-20)25(29)19-5-2-1-3-6-19)26(15-21-7-4-12-32-21)14-18-8-11-22-23(13-18)31-17-30-22/h4,7-8,11-13,19-20H,1-3,5-6,9-10,14-17H2. The smallest absolute Gasteiger partial charge is 0.242 e. The molecule has 6 nitrogen and oxygen atoms in total. The molecule has 2 aliphatic carbocycles. The van der Waals surface area contributed by atoms with Crippen LogP contribution in [0.5, 0.6) is 11.5 Å². The predicted octanol–water partition coefficient (Wildman–Crippen LogP) is 4.58. The zero-order valence-electron chi connectivity index (χ0n) is 18.3. The Bertz CT molecular complexity index is 951. The van der Waals surface area contributed by atoms with Gasteiger partial charge >= 0.3 is 0 Å². The van der Waals surface area contributed by atoms with Gasteiger partial charge in [-0.25, -0.2) is 0 Å². The Hall–Kier alpha value is -2.54. The molecule has 0 spiro atoms. The zero-order valence-corrected chi connectivity index (χ0v) is 19.1. The van der Waals surface area contributed by atoms with Gasteiger partial charge in [-0.1, -0.05) is 31.4 Å². The van der Waals surface area contributed by atoms with E-state index in [0.29, 0.717) is 13.1 Å². The topological polar surface area (TPSA) is 59.1 Å². The highest BCUT2D eigenvalue weighted by molar-refractivity contribution is 7.09. The minimum Gasteiger partial charge on any atom is -0.454 e. The van der Waals surface area contributed by atoms with Crippen LogP contribution in [-0.2, 0) is 22.7 Å². The molecule has 5 rings (SSSR count). The van der Waals surface area contributed by atoms with E-state index in [-0.39, 0.29) is 37.1 Å².